The number of amides is 1. The smallest absolute Gasteiger partial charge is 0.455 e. The summed E-state index contributed by atoms with van der Waals surface area (Å²) < 4.78 is 105. The van der Waals surface area contributed by atoms with Crippen molar-refractivity contribution >= 4 is 42.5 Å². The highest BCUT2D eigenvalue weighted by Crippen LogP contribution is 2.36. The van der Waals surface area contributed by atoms with Crippen LogP contribution in [0.15, 0.2) is 76.8 Å². The van der Waals surface area contributed by atoms with Gasteiger partial charge in [-0.25, -0.2) is 26.5 Å². The number of sulfonamides is 1. The zero-order valence-corrected chi connectivity index (χ0v) is 23.9. The van der Waals surface area contributed by atoms with Crippen LogP contribution in [0.5, 0.6) is 11.5 Å². The summed E-state index contributed by atoms with van der Waals surface area (Å²) in [6.07, 6.45) is 4.31. The third-order valence-corrected chi connectivity index (χ3v) is 9.60. The summed E-state index contributed by atoms with van der Waals surface area (Å²) in [5.74, 6) is -0.921. The molecule has 1 saturated heterocycles. The van der Waals surface area contributed by atoms with Crippen LogP contribution in [-0.2, 0) is 24.6 Å². The predicted molar refractivity (Wildman–Crippen MR) is 149 cm³/mol. The molecular formula is C27H25F3N4O7S2. The van der Waals surface area contributed by atoms with Crippen molar-refractivity contribution in [1.82, 2.24) is 14.7 Å². The molecule has 0 aliphatic carbocycles. The molecule has 5 rings (SSSR count). The van der Waals surface area contributed by atoms with Crippen molar-refractivity contribution in [2.75, 3.05) is 25.1 Å². The molecule has 0 bridgehead atoms. The van der Waals surface area contributed by atoms with E-state index in [1.165, 1.54) is 24.4 Å². The first-order chi connectivity index (χ1) is 20.3. The van der Waals surface area contributed by atoms with Crippen LogP contribution in [0.25, 0.3) is 11.0 Å². The van der Waals surface area contributed by atoms with Crippen LogP contribution in [0.1, 0.15) is 23.2 Å². The van der Waals surface area contributed by atoms with Crippen LogP contribution in [0, 0.1) is 5.92 Å². The van der Waals surface area contributed by atoms with Crippen molar-refractivity contribution in [2.45, 2.75) is 28.1 Å². The Morgan fingerprint density at radius 3 is 2.53 bits per heavy atom. The van der Waals surface area contributed by atoms with Gasteiger partial charge in [0.25, 0.3) is 25.8 Å². The Bertz CT molecular complexity index is 1870. The minimum Gasteiger partial charge on any atom is -0.455 e. The van der Waals surface area contributed by atoms with Gasteiger partial charge in [-0.3, -0.25) is 4.79 Å². The Balaban J connectivity index is 1.41. The van der Waals surface area contributed by atoms with Crippen molar-refractivity contribution < 1.29 is 44.3 Å². The second-order valence-electron chi connectivity index (χ2n) is 9.66. The number of aromatic amines is 1. The molecule has 228 valence electrons. The third kappa shape index (κ3) is 6.60. The minimum atomic E-state index is -5.97. The fourth-order valence-corrected chi connectivity index (χ4v) is 6.48. The summed E-state index contributed by atoms with van der Waals surface area (Å²) in [7, 11) is -10.8. The lowest BCUT2D eigenvalue weighted by Gasteiger charge is -2.23. The molecule has 2 aromatic heterocycles. The first-order valence-electron chi connectivity index (χ1n) is 12.9. The number of hydrogen-bond acceptors (Lipinski definition) is 9. The number of carbonyl (C=O) groups is 1. The number of pyridine rings is 1. The van der Waals surface area contributed by atoms with Crippen molar-refractivity contribution in [3.63, 3.8) is 0 Å². The summed E-state index contributed by atoms with van der Waals surface area (Å²) in [5.41, 5.74) is -5.73. The molecule has 1 amide bonds. The Morgan fingerprint density at radius 2 is 1.79 bits per heavy atom. The fraction of sp³-hybridized carbons (Fsp3) is 0.259. The number of alkyl halides is 3. The van der Waals surface area contributed by atoms with E-state index in [4.69, 9.17) is 9.47 Å². The molecule has 3 N–H and O–H groups in total. The van der Waals surface area contributed by atoms with Gasteiger partial charge < -0.3 is 19.8 Å². The molecule has 16 heteroatoms. The molecule has 0 radical (unpaired) electrons. The average molecular weight is 639 g/mol. The average Bonchev–Trinajstić information content (AvgIpc) is 3.44. The Hall–Kier alpha value is -4.15. The second kappa shape index (κ2) is 11.9. The molecular weight excluding hydrogens is 613 g/mol. The van der Waals surface area contributed by atoms with Crippen molar-refractivity contribution in [1.29, 1.82) is 0 Å². The van der Waals surface area contributed by atoms with Crippen LogP contribution in [0.2, 0.25) is 0 Å². The van der Waals surface area contributed by atoms with Crippen LogP contribution in [0.3, 0.4) is 0 Å². The van der Waals surface area contributed by atoms with E-state index in [0.717, 1.165) is 17.5 Å². The van der Waals surface area contributed by atoms with E-state index < -0.39 is 46.8 Å². The zero-order valence-electron chi connectivity index (χ0n) is 22.2. The number of rotatable bonds is 9. The normalized spacial score (nSPS) is 14.9. The number of hydrogen-bond donors (Lipinski definition) is 3. The van der Waals surface area contributed by atoms with Gasteiger partial charge in [0, 0.05) is 31.3 Å². The van der Waals surface area contributed by atoms with E-state index in [9.17, 15) is 34.8 Å². The number of nitrogens with zero attached hydrogens (tertiary/aromatic N) is 1. The summed E-state index contributed by atoms with van der Waals surface area (Å²) in [6, 6.07) is 11.3. The second-order valence-corrected chi connectivity index (χ2v) is 13.3. The Kier molecular flexibility index (Phi) is 8.36. The van der Waals surface area contributed by atoms with Crippen molar-refractivity contribution in [3.05, 3.63) is 72.6 Å². The van der Waals surface area contributed by atoms with Crippen LogP contribution in [0.4, 0.5) is 18.9 Å². The number of H-pyrrole nitrogens is 1. The molecule has 3 heterocycles. The SMILES string of the molecule is O=C(NS(=O)(=O)c1ccc(NCC2CCOCC2)c(S(=O)(=O)C(F)(F)F)c1)c1ccccc1Oc1cnc2[nH]ccc2c1. The molecule has 4 aromatic rings. The largest absolute Gasteiger partial charge is 0.501 e. The molecule has 1 fully saturated rings. The lowest BCUT2D eigenvalue weighted by Crippen LogP contribution is -2.31. The Labute approximate surface area is 244 Å². The number of carbonyl (C=O) groups excluding carboxylic acids is 1. The lowest BCUT2D eigenvalue weighted by atomic mass is 10.0. The van der Waals surface area contributed by atoms with E-state index in [1.54, 1.807) is 29.1 Å². The summed E-state index contributed by atoms with van der Waals surface area (Å²) in [4.78, 5) is 18.1. The van der Waals surface area contributed by atoms with E-state index >= 15 is 0 Å². The first-order valence-corrected chi connectivity index (χ1v) is 15.9. The topological polar surface area (TPSA) is 157 Å². The predicted octanol–water partition coefficient (Wildman–Crippen LogP) is 4.61. The quantitative estimate of drug-likeness (QED) is 0.238. The fourth-order valence-electron chi connectivity index (χ4n) is 4.45. The van der Waals surface area contributed by atoms with Gasteiger partial charge in [-0.05, 0) is 61.2 Å². The van der Waals surface area contributed by atoms with Gasteiger partial charge in [0.05, 0.1) is 22.3 Å². The monoisotopic (exact) mass is 638 g/mol. The van der Waals surface area contributed by atoms with Gasteiger partial charge in [0.1, 0.15) is 22.0 Å². The number of anilines is 1. The summed E-state index contributed by atoms with van der Waals surface area (Å²) in [6.45, 7) is 1.07. The summed E-state index contributed by atoms with van der Waals surface area (Å²) in [5, 5.41) is 3.43. The number of fused-ring (bicyclic) bond motifs is 1. The maximum Gasteiger partial charge on any atom is 0.501 e. The zero-order chi connectivity index (χ0) is 30.8. The number of halogens is 3. The van der Waals surface area contributed by atoms with E-state index in [0.29, 0.717) is 37.8 Å². The van der Waals surface area contributed by atoms with E-state index in [2.05, 4.69) is 15.3 Å². The number of para-hydroxylation sites is 1. The minimum absolute atomic E-state index is 0.0147. The molecule has 1 aliphatic rings. The number of ether oxygens (including phenoxy) is 2. The van der Waals surface area contributed by atoms with Gasteiger partial charge in [-0.2, -0.15) is 13.2 Å². The highest BCUT2D eigenvalue weighted by molar-refractivity contribution is 7.92. The van der Waals surface area contributed by atoms with Crippen LogP contribution in [-0.4, -0.2) is 58.0 Å². The maximum absolute atomic E-state index is 13.6. The van der Waals surface area contributed by atoms with Crippen LogP contribution < -0.4 is 14.8 Å². The van der Waals surface area contributed by atoms with Gasteiger partial charge in [0.15, 0.2) is 0 Å². The van der Waals surface area contributed by atoms with Crippen molar-refractivity contribution in [3.8, 4) is 11.5 Å². The van der Waals surface area contributed by atoms with Gasteiger partial charge in [-0.1, -0.05) is 12.1 Å². The molecule has 1 aliphatic heterocycles. The third-order valence-electron chi connectivity index (χ3n) is 6.74. The molecule has 2 aromatic carbocycles. The van der Waals surface area contributed by atoms with Gasteiger partial charge in [0.2, 0.25) is 0 Å². The standard InChI is InChI=1S/C27H25F3N4O7S2/c28-27(29,30)42(36,37)24-14-20(5-6-22(24)32-15-17-8-11-40-12-9-17)43(38,39)34-26(35)21-3-1-2-4-23(21)41-19-13-18-7-10-31-25(18)33-16-19/h1-7,10,13-14,16-17,32H,8-9,11-12,15H2,(H,31,33)(H,34,35). The molecule has 0 atom stereocenters. The molecule has 0 saturated carbocycles. The van der Waals surface area contributed by atoms with Gasteiger partial charge >= 0.3 is 5.51 Å². The summed E-state index contributed by atoms with van der Waals surface area (Å²) >= 11 is 0. The number of nitrogens with one attached hydrogen (secondary N) is 3. The van der Waals surface area contributed by atoms with E-state index in [1.807, 2.05) is 0 Å². The van der Waals surface area contributed by atoms with Crippen molar-refractivity contribution in [2.24, 2.45) is 5.92 Å². The highest BCUT2D eigenvalue weighted by atomic mass is 32.2. The van der Waals surface area contributed by atoms with E-state index in [-0.39, 0.29) is 29.5 Å². The van der Waals surface area contributed by atoms with Crippen LogP contribution >= 0.6 is 0 Å². The maximum atomic E-state index is 13.6. The Morgan fingerprint density at radius 1 is 1.05 bits per heavy atom. The van der Waals surface area contributed by atoms with Gasteiger partial charge in [-0.15, -0.1) is 0 Å². The lowest BCUT2D eigenvalue weighted by molar-refractivity contribution is -0.0435. The molecule has 43 heavy (non-hydrogen) atoms. The first kappa shape index (κ1) is 30.3. The molecule has 0 spiro atoms. The number of sulfone groups is 1. The highest BCUT2D eigenvalue weighted by Gasteiger charge is 2.48. The molecule has 0 unspecified atom stereocenters. The number of benzene rings is 2. The molecule has 11 nitrogen and oxygen atoms in total. The number of aromatic nitrogens is 2.